The van der Waals surface area contributed by atoms with E-state index < -0.39 is 0 Å². The van der Waals surface area contributed by atoms with Gasteiger partial charge in [0.05, 0.1) is 6.10 Å². The van der Waals surface area contributed by atoms with Crippen molar-refractivity contribution < 1.29 is 9.90 Å². The molecule has 1 rings (SSSR count). The average molecular weight is 287 g/mol. The second-order valence-electron chi connectivity index (χ2n) is 3.58. The Kier molecular flexibility index (Phi) is 5.42. The molecule has 1 unspecified atom stereocenters. The van der Waals surface area contributed by atoms with Crippen molar-refractivity contribution in [2.45, 2.75) is 25.9 Å². The van der Waals surface area contributed by atoms with Crippen LogP contribution in [-0.2, 0) is 0 Å². The fourth-order valence-electron chi connectivity index (χ4n) is 1.24. The first-order valence-corrected chi connectivity index (χ1v) is 5.97. The molecule has 0 aromatic carbocycles. The number of hydrogen-bond donors (Lipinski definition) is 2. The van der Waals surface area contributed by atoms with Gasteiger partial charge < -0.3 is 10.4 Å². The van der Waals surface area contributed by atoms with Crippen molar-refractivity contribution in [3.8, 4) is 0 Å². The van der Waals surface area contributed by atoms with Crippen LogP contribution in [-0.4, -0.2) is 28.6 Å². The molecular formula is C11H15BrN2O2. The van der Waals surface area contributed by atoms with E-state index in [1.165, 1.54) is 0 Å². The first-order valence-electron chi connectivity index (χ1n) is 5.18. The van der Waals surface area contributed by atoms with E-state index in [9.17, 15) is 4.79 Å². The second kappa shape index (κ2) is 6.60. The number of aliphatic hydroxyl groups excluding tert-OH is 1. The normalized spacial score (nSPS) is 12.2. The molecule has 0 aliphatic heterocycles. The Labute approximate surface area is 103 Å². The van der Waals surface area contributed by atoms with Crippen molar-refractivity contribution in [2.24, 2.45) is 0 Å². The van der Waals surface area contributed by atoms with E-state index in [-0.39, 0.29) is 12.0 Å². The Morgan fingerprint density at radius 2 is 2.44 bits per heavy atom. The zero-order valence-electron chi connectivity index (χ0n) is 9.11. The number of halogens is 1. The van der Waals surface area contributed by atoms with Crippen molar-refractivity contribution in [3.05, 3.63) is 28.5 Å². The van der Waals surface area contributed by atoms with Gasteiger partial charge in [0.25, 0.3) is 5.91 Å². The van der Waals surface area contributed by atoms with E-state index in [1.807, 2.05) is 0 Å². The molecular weight excluding hydrogens is 272 g/mol. The molecule has 16 heavy (non-hydrogen) atoms. The highest BCUT2D eigenvalue weighted by Crippen LogP contribution is 2.12. The van der Waals surface area contributed by atoms with Crippen LogP contribution in [0.5, 0.6) is 0 Å². The molecule has 4 nitrogen and oxygen atoms in total. The molecule has 1 aromatic rings. The zero-order chi connectivity index (χ0) is 12.0. The highest BCUT2D eigenvalue weighted by Gasteiger charge is 2.09. The van der Waals surface area contributed by atoms with Crippen molar-refractivity contribution in [1.82, 2.24) is 10.3 Å². The smallest absolute Gasteiger partial charge is 0.271 e. The van der Waals surface area contributed by atoms with Crippen molar-refractivity contribution >= 4 is 21.8 Å². The lowest BCUT2D eigenvalue weighted by molar-refractivity contribution is 0.0944. The SMILES string of the molecule is CC(O)CCCNC(=O)c1ncccc1Br. The summed E-state index contributed by atoms with van der Waals surface area (Å²) >= 11 is 3.27. The molecule has 0 aliphatic carbocycles. The summed E-state index contributed by atoms with van der Waals surface area (Å²) in [4.78, 5) is 15.6. The molecule has 5 heteroatoms. The van der Waals surface area contributed by atoms with Crippen LogP contribution in [0.2, 0.25) is 0 Å². The fourth-order valence-corrected chi connectivity index (χ4v) is 1.67. The summed E-state index contributed by atoms with van der Waals surface area (Å²) in [5.41, 5.74) is 0.388. The number of pyridine rings is 1. The minimum Gasteiger partial charge on any atom is -0.393 e. The number of hydrogen-bond acceptors (Lipinski definition) is 3. The highest BCUT2D eigenvalue weighted by atomic mass is 79.9. The van der Waals surface area contributed by atoms with Crippen LogP contribution in [0.1, 0.15) is 30.3 Å². The van der Waals surface area contributed by atoms with E-state index >= 15 is 0 Å². The summed E-state index contributed by atoms with van der Waals surface area (Å²) in [7, 11) is 0. The van der Waals surface area contributed by atoms with Crippen LogP contribution in [0, 0.1) is 0 Å². The number of aliphatic hydroxyl groups is 1. The molecule has 0 fully saturated rings. The van der Waals surface area contributed by atoms with E-state index in [2.05, 4.69) is 26.2 Å². The molecule has 0 bridgehead atoms. The molecule has 1 heterocycles. The molecule has 1 amide bonds. The van der Waals surface area contributed by atoms with Gasteiger partial charge in [0.1, 0.15) is 5.69 Å². The van der Waals surface area contributed by atoms with Gasteiger partial charge in [-0.25, -0.2) is 4.98 Å². The lowest BCUT2D eigenvalue weighted by Gasteiger charge is -2.06. The fraction of sp³-hybridized carbons (Fsp3) is 0.455. The number of amides is 1. The first-order chi connectivity index (χ1) is 7.61. The van der Waals surface area contributed by atoms with Gasteiger partial charge in [0.15, 0.2) is 0 Å². The van der Waals surface area contributed by atoms with Gasteiger partial charge in [0, 0.05) is 17.2 Å². The number of nitrogens with one attached hydrogen (secondary N) is 1. The molecule has 0 spiro atoms. The largest absolute Gasteiger partial charge is 0.393 e. The molecule has 1 atom stereocenters. The van der Waals surface area contributed by atoms with Gasteiger partial charge in [-0.2, -0.15) is 0 Å². The van der Waals surface area contributed by atoms with Gasteiger partial charge >= 0.3 is 0 Å². The predicted octanol–water partition coefficient (Wildman–Crippen LogP) is 1.73. The van der Waals surface area contributed by atoms with Gasteiger partial charge in [0.2, 0.25) is 0 Å². The quantitative estimate of drug-likeness (QED) is 0.811. The second-order valence-corrected chi connectivity index (χ2v) is 4.44. The van der Waals surface area contributed by atoms with Crippen molar-refractivity contribution in [2.75, 3.05) is 6.54 Å². The van der Waals surface area contributed by atoms with Gasteiger partial charge in [-0.3, -0.25) is 4.79 Å². The molecule has 88 valence electrons. The minimum atomic E-state index is -0.321. The summed E-state index contributed by atoms with van der Waals surface area (Å²) < 4.78 is 0.683. The third-order valence-corrected chi connectivity index (χ3v) is 2.70. The molecule has 1 aromatic heterocycles. The third kappa shape index (κ3) is 4.28. The van der Waals surface area contributed by atoms with Crippen LogP contribution < -0.4 is 5.32 Å². The number of carbonyl (C=O) groups is 1. The van der Waals surface area contributed by atoms with Gasteiger partial charge in [-0.1, -0.05) is 0 Å². The highest BCUT2D eigenvalue weighted by molar-refractivity contribution is 9.10. The Bertz CT molecular complexity index is 356. The summed E-state index contributed by atoms with van der Waals surface area (Å²) in [5, 5.41) is 11.8. The van der Waals surface area contributed by atoms with E-state index in [0.29, 0.717) is 23.1 Å². The summed E-state index contributed by atoms with van der Waals surface area (Å²) in [6.07, 6.45) is 2.70. The van der Waals surface area contributed by atoms with Crippen LogP contribution in [0.25, 0.3) is 0 Å². The number of aromatic nitrogens is 1. The maximum absolute atomic E-state index is 11.6. The monoisotopic (exact) mass is 286 g/mol. The van der Waals surface area contributed by atoms with Crippen LogP contribution in [0.4, 0.5) is 0 Å². The van der Waals surface area contributed by atoms with Crippen molar-refractivity contribution in [3.63, 3.8) is 0 Å². The minimum absolute atomic E-state index is 0.196. The topological polar surface area (TPSA) is 62.2 Å². The van der Waals surface area contributed by atoms with E-state index in [0.717, 1.165) is 6.42 Å². The summed E-state index contributed by atoms with van der Waals surface area (Å²) in [6.45, 7) is 2.28. The molecule has 0 saturated heterocycles. The first kappa shape index (κ1) is 13.1. The summed E-state index contributed by atoms with van der Waals surface area (Å²) in [6, 6.07) is 3.53. The van der Waals surface area contributed by atoms with Crippen LogP contribution >= 0.6 is 15.9 Å². The standard InChI is InChI=1S/C11H15BrN2O2/c1-8(15)4-2-7-14-11(16)10-9(12)5-3-6-13-10/h3,5-6,8,15H,2,4,7H2,1H3,(H,14,16). The predicted molar refractivity (Wildman–Crippen MR) is 65.2 cm³/mol. The maximum atomic E-state index is 11.6. The van der Waals surface area contributed by atoms with Crippen LogP contribution in [0.3, 0.4) is 0 Å². The molecule has 0 saturated carbocycles. The number of carbonyl (C=O) groups excluding carboxylic acids is 1. The maximum Gasteiger partial charge on any atom is 0.271 e. The summed E-state index contributed by atoms with van der Waals surface area (Å²) in [5.74, 6) is -0.196. The lowest BCUT2D eigenvalue weighted by atomic mass is 10.2. The van der Waals surface area contributed by atoms with Crippen LogP contribution in [0.15, 0.2) is 22.8 Å². The number of rotatable bonds is 5. The lowest BCUT2D eigenvalue weighted by Crippen LogP contribution is -2.26. The van der Waals surface area contributed by atoms with Gasteiger partial charge in [-0.15, -0.1) is 0 Å². The van der Waals surface area contributed by atoms with E-state index in [4.69, 9.17) is 5.11 Å². The molecule has 0 radical (unpaired) electrons. The van der Waals surface area contributed by atoms with Crippen molar-refractivity contribution in [1.29, 1.82) is 0 Å². The molecule has 0 aliphatic rings. The Morgan fingerprint density at radius 1 is 1.69 bits per heavy atom. The third-order valence-electron chi connectivity index (χ3n) is 2.06. The zero-order valence-corrected chi connectivity index (χ0v) is 10.7. The molecule has 2 N–H and O–H groups in total. The Morgan fingerprint density at radius 3 is 3.06 bits per heavy atom. The number of nitrogens with zero attached hydrogens (tertiary/aromatic N) is 1. The Balaban J connectivity index is 2.39. The van der Waals surface area contributed by atoms with E-state index in [1.54, 1.807) is 25.3 Å². The Hall–Kier alpha value is -0.940. The average Bonchev–Trinajstić information content (AvgIpc) is 2.24. The van der Waals surface area contributed by atoms with Gasteiger partial charge in [-0.05, 0) is 47.8 Å².